The van der Waals surface area contributed by atoms with Gasteiger partial charge in [-0.05, 0) is 52.1 Å². The zero-order chi connectivity index (χ0) is 22.9. The van der Waals surface area contributed by atoms with Crippen molar-refractivity contribution >= 4 is 16.5 Å². The minimum Gasteiger partial charge on any atom is -0.370 e. The molecule has 1 aliphatic heterocycles. The third kappa shape index (κ3) is 5.38. The fourth-order valence-corrected chi connectivity index (χ4v) is 4.01. The Hall–Kier alpha value is -3.10. The van der Waals surface area contributed by atoms with Gasteiger partial charge in [0.25, 0.3) is 0 Å². The predicted molar refractivity (Wildman–Crippen MR) is 141 cm³/mol. The van der Waals surface area contributed by atoms with Crippen LogP contribution in [-0.4, -0.2) is 6.17 Å². The molecule has 0 aromatic heterocycles. The van der Waals surface area contributed by atoms with Gasteiger partial charge in [-0.3, -0.25) is 5.32 Å². The fraction of sp³-hybridized carbons (Fsp3) is 0.267. The van der Waals surface area contributed by atoms with Gasteiger partial charge in [0.05, 0.1) is 12.2 Å². The third-order valence-electron chi connectivity index (χ3n) is 5.39. The van der Waals surface area contributed by atoms with Crippen molar-refractivity contribution in [1.82, 2.24) is 5.32 Å². The highest BCUT2D eigenvalue weighted by atomic mass is 15.2. The van der Waals surface area contributed by atoms with Gasteiger partial charge in [0, 0.05) is 5.69 Å². The minimum atomic E-state index is 0.211. The maximum absolute atomic E-state index is 3.66. The number of anilines is 1. The lowest BCUT2D eigenvalue weighted by Gasteiger charge is -2.33. The van der Waals surface area contributed by atoms with Crippen LogP contribution in [0.1, 0.15) is 58.2 Å². The molecule has 1 aliphatic rings. The lowest BCUT2D eigenvalue weighted by Crippen LogP contribution is -2.41. The van der Waals surface area contributed by atoms with Crippen LogP contribution < -0.4 is 10.6 Å². The Morgan fingerprint density at radius 2 is 1.28 bits per heavy atom. The molecular weight excluding hydrogens is 388 g/mol. The Kier molecular flexibility index (Phi) is 8.47. The van der Waals surface area contributed by atoms with Crippen molar-refractivity contribution in [1.29, 1.82) is 0 Å². The molecule has 2 N–H and O–H groups in total. The second-order valence-electron chi connectivity index (χ2n) is 7.94. The van der Waals surface area contributed by atoms with Crippen molar-refractivity contribution in [2.75, 3.05) is 5.32 Å². The van der Waals surface area contributed by atoms with Crippen molar-refractivity contribution in [2.45, 2.75) is 53.2 Å². The second-order valence-corrected chi connectivity index (χ2v) is 7.94. The molecule has 4 aromatic carbocycles. The highest BCUT2D eigenvalue weighted by Crippen LogP contribution is 2.33. The molecule has 1 heterocycles. The van der Waals surface area contributed by atoms with Crippen LogP contribution in [0.3, 0.4) is 0 Å². The normalized spacial score (nSPS) is 16.5. The third-order valence-corrected chi connectivity index (χ3v) is 5.39. The molecule has 32 heavy (non-hydrogen) atoms. The summed E-state index contributed by atoms with van der Waals surface area (Å²) in [5.74, 6) is 0. The number of fused-ring (bicyclic) bond motifs is 2. The lowest BCUT2D eigenvalue weighted by molar-refractivity contribution is 0.518. The van der Waals surface area contributed by atoms with Crippen LogP contribution in [-0.2, 0) is 0 Å². The molecule has 0 amide bonds. The summed E-state index contributed by atoms with van der Waals surface area (Å²) in [7, 11) is 0. The van der Waals surface area contributed by atoms with Crippen LogP contribution >= 0.6 is 0 Å². The minimum absolute atomic E-state index is 0.211. The van der Waals surface area contributed by atoms with Crippen molar-refractivity contribution in [3.05, 3.63) is 102 Å². The van der Waals surface area contributed by atoms with E-state index in [2.05, 4.69) is 122 Å². The molecule has 0 spiro atoms. The topological polar surface area (TPSA) is 24.1 Å². The fourth-order valence-electron chi connectivity index (χ4n) is 4.01. The molecule has 2 atom stereocenters. The molecule has 4 aromatic rings. The van der Waals surface area contributed by atoms with Crippen molar-refractivity contribution in [3.63, 3.8) is 0 Å². The summed E-state index contributed by atoms with van der Waals surface area (Å²) in [4.78, 5) is 0. The van der Waals surface area contributed by atoms with Crippen LogP contribution in [0.5, 0.6) is 0 Å². The molecule has 0 saturated heterocycles. The first-order valence-corrected chi connectivity index (χ1v) is 11.9. The van der Waals surface area contributed by atoms with Crippen LogP contribution in [0.2, 0.25) is 0 Å². The summed E-state index contributed by atoms with van der Waals surface area (Å²) in [6, 6.07) is 32.9. The van der Waals surface area contributed by atoms with Crippen LogP contribution in [0.25, 0.3) is 21.9 Å². The highest BCUT2D eigenvalue weighted by molar-refractivity contribution is 5.87. The molecule has 0 fully saturated rings. The number of nitrogens with one attached hydrogen (secondary N) is 2. The van der Waals surface area contributed by atoms with Gasteiger partial charge in [-0.15, -0.1) is 0 Å². The average molecular weight is 425 g/mol. The van der Waals surface area contributed by atoms with E-state index in [-0.39, 0.29) is 12.2 Å². The zero-order valence-electron chi connectivity index (χ0n) is 20.0. The SMILES string of the molecule is CC.CC1Nc2ccccc2C(c2ccc(-c3ccc4ccccc4c3)cc2)N1.CCC. The first-order chi connectivity index (χ1) is 15.7. The van der Waals surface area contributed by atoms with Crippen LogP contribution in [0, 0.1) is 0 Å². The van der Waals surface area contributed by atoms with Gasteiger partial charge in [0.15, 0.2) is 0 Å². The molecule has 2 heteroatoms. The largest absolute Gasteiger partial charge is 0.370 e. The summed E-state index contributed by atoms with van der Waals surface area (Å²) in [6.45, 7) is 10.4. The van der Waals surface area contributed by atoms with Crippen molar-refractivity contribution in [3.8, 4) is 11.1 Å². The number of rotatable bonds is 2. The monoisotopic (exact) mass is 424 g/mol. The van der Waals surface area contributed by atoms with Gasteiger partial charge in [-0.1, -0.05) is 113 Å². The van der Waals surface area contributed by atoms with E-state index < -0.39 is 0 Å². The molecule has 166 valence electrons. The van der Waals surface area contributed by atoms with Crippen LogP contribution in [0.15, 0.2) is 91.0 Å². The summed E-state index contributed by atoms with van der Waals surface area (Å²) < 4.78 is 0. The smallest absolute Gasteiger partial charge is 0.0746 e. The zero-order valence-corrected chi connectivity index (χ0v) is 20.0. The first kappa shape index (κ1) is 23.6. The van der Waals surface area contributed by atoms with Crippen molar-refractivity contribution in [2.24, 2.45) is 0 Å². The van der Waals surface area contributed by atoms with Gasteiger partial charge < -0.3 is 5.32 Å². The number of benzene rings is 4. The van der Waals surface area contributed by atoms with E-state index in [1.807, 2.05) is 13.8 Å². The summed E-state index contributed by atoms with van der Waals surface area (Å²) in [5, 5.41) is 9.72. The molecule has 2 unspecified atom stereocenters. The molecule has 0 bridgehead atoms. The standard InChI is InChI=1S/C25H22N2.C3H8.C2H6/c1-17-26-24-9-5-4-8-23(24)25(27-17)20-13-10-19(11-14-20)22-15-12-18-6-2-3-7-21(18)16-22;1-3-2;1-2/h2-17,25-27H,1H3;3H2,1-2H3;1-2H3. The average Bonchev–Trinajstić information content (AvgIpc) is 2.85. The van der Waals surface area contributed by atoms with E-state index in [0.717, 1.165) is 0 Å². The first-order valence-electron chi connectivity index (χ1n) is 11.9. The number of para-hydroxylation sites is 1. The van der Waals surface area contributed by atoms with Gasteiger partial charge >= 0.3 is 0 Å². The molecule has 5 rings (SSSR count). The van der Waals surface area contributed by atoms with E-state index in [4.69, 9.17) is 0 Å². The van der Waals surface area contributed by atoms with Gasteiger partial charge in [0.2, 0.25) is 0 Å². The Morgan fingerprint density at radius 1 is 0.688 bits per heavy atom. The Bertz CT molecular complexity index is 1110. The molecule has 0 aliphatic carbocycles. The van der Waals surface area contributed by atoms with E-state index in [1.165, 1.54) is 45.1 Å². The van der Waals surface area contributed by atoms with E-state index in [9.17, 15) is 0 Å². The lowest BCUT2D eigenvalue weighted by atomic mass is 9.93. The molecular formula is C30H36N2. The van der Waals surface area contributed by atoms with E-state index in [1.54, 1.807) is 0 Å². The second kappa shape index (κ2) is 11.5. The predicted octanol–water partition coefficient (Wildman–Crippen LogP) is 8.40. The van der Waals surface area contributed by atoms with E-state index >= 15 is 0 Å². The highest BCUT2D eigenvalue weighted by Gasteiger charge is 2.24. The number of hydrogen-bond donors (Lipinski definition) is 2. The Labute approximate surface area is 193 Å². The van der Waals surface area contributed by atoms with Crippen LogP contribution in [0.4, 0.5) is 5.69 Å². The maximum Gasteiger partial charge on any atom is 0.0746 e. The Balaban J connectivity index is 0.000000536. The van der Waals surface area contributed by atoms with Gasteiger partial charge in [0.1, 0.15) is 0 Å². The quantitative estimate of drug-likeness (QED) is 0.337. The van der Waals surface area contributed by atoms with Gasteiger partial charge in [-0.2, -0.15) is 0 Å². The van der Waals surface area contributed by atoms with E-state index in [0.29, 0.717) is 0 Å². The summed E-state index contributed by atoms with van der Waals surface area (Å²) in [6.07, 6.45) is 1.49. The van der Waals surface area contributed by atoms with Gasteiger partial charge in [-0.25, -0.2) is 0 Å². The van der Waals surface area contributed by atoms with Crippen molar-refractivity contribution < 1.29 is 0 Å². The number of hydrogen-bond acceptors (Lipinski definition) is 2. The molecule has 0 radical (unpaired) electrons. The Morgan fingerprint density at radius 3 is 2.00 bits per heavy atom. The molecule has 0 saturated carbocycles. The molecule has 2 nitrogen and oxygen atoms in total. The maximum atomic E-state index is 3.66. The summed E-state index contributed by atoms with van der Waals surface area (Å²) in [5.41, 5.74) is 6.31. The summed E-state index contributed by atoms with van der Waals surface area (Å²) >= 11 is 0.